The Labute approximate surface area is 131 Å². The Morgan fingerprint density at radius 1 is 1.45 bits per heavy atom. The summed E-state index contributed by atoms with van der Waals surface area (Å²) in [6.07, 6.45) is 5.68. The highest BCUT2D eigenvalue weighted by Crippen LogP contribution is 2.49. The van der Waals surface area contributed by atoms with Crippen molar-refractivity contribution in [3.8, 4) is 0 Å². The molecule has 4 heteroatoms. The molecule has 4 nitrogen and oxygen atoms in total. The average molecular weight is 298 g/mol. The Hall–Kier alpha value is -2.10. The van der Waals surface area contributed by atoms with E-state index in [0.29, 0.717) is 0 Å². The lowest BCUT2D eigenvalue weighted by Gasteiger charge is -2.47. The number of allylic oxidation sites excluding steroid dienone is 2. The van der Waals surface area contributed by atoms with Gasteiger partial charge in [-0.3, -0.25) is 4.98 Å². The predicted molar refractivity (Wildman–Crippen MR) is 85.5 cm³/mol. The van der Waals surface area contributed by atoms with Crippen LogP contribution in [-0.2, 0) is 16.7 Å². The van der Waals surface area contributed by atoms with E-state index in [-0.39, 0.29) is 5.92 Å². The normalized spacial score (nSPS) is 27.9. The molecule has 116 valence electrons. The largest absolute Gasteiger partial charge is 0.453 e. The first kappa shape index (κ1) is 14.8. The van der Waals surface area contributed by atoms with Crippen molar-refractivity contribution in [2.45, 2.75) is 39.2 Å². The molecule has 0 radical (unpaired) electrons. The van der Waals surface area contributed by atoms with Gasteiger partial charge in [-0.2, -0.15) is 0 Å². The summed E-state index contributed by atoms with van der Waals surface area (Å²) in [6.45, 7) is 6.17. The maximum absolute atomic E-state index is 12.0. The fraction of sp³-hybridized carbons (Fsp3) is 0.444. The van der Waals surface area contributed by atoms with Crippen LogP contribution in [0.2, 0.25) is 0 Å². The van der Waals surface area contributed by atoms with Crippen molar-refractivity contribution in [3.05, 3.63) is 52.4 Å². The van der Waals surface area contributed by atoms with Crippen LogP contribution < -0.4 is 5.32 Å². The zero-order chi connectivity index (χ0) is 15.9. The topological polar surface area (TPSA) is 51.2 Å². The number of pyridine rings is 1. The molecule has 3 rings (SSSR count). The molecule has 22 heavy (non-hydrogen) atoms. The van der Waals surface area contributed by atoms with Crippen LogP contribution >= 0.6 is 0 Å². The highest BCUT2D eigenvalue weighted by molar-refractivity contribution is 5.71. The Morgan fingerprint density at radius 3 is 2.91 bits per heavy atom. The van der Waals surface area contributed by atoms with E-state index in [1.165, 1.54) is 18.3 Å². The van der Waals surface area contributed by atoms with Gasteiger partial charge in [-0.05, 0) is 38.8 Å². The Balaban J connectivity index is 2.23. The van der Waals surface area contributed by atoms with Crippen LogP contribution in [0.4, 0.5) is 4.79 Å². The molecular weight excluding hydrogens is 276 g/mol. The molecule has 2 aliphatic rings. The number of ether oxygens (including phenoxy) is 1. The SMILES string of the molecule is CC=C1[C@H]2C=C(C)C[C@]1(NC(=O)OC)c1ccc(C)nc1C2. The maximum Gasteiger partial charge on any atom is 0.407 e. The van der Waals surface area contributed by atoms with Gasteiger partial charge in [0.25, 0.3) is 0 Å². The van der Waals surface area contributed by atoms with Gasteiger partial charge in [0.15, 0.2) is 0 Å². The first-order chi connectivity index (χ1) is 10.5. The van der Waals surface area contributed by atoms with Crippen LogP contribution in [0, 0.1) is 12.8 Å². The molecule has 0 saturated heterocycles. The molecule has 2 bridgehead atoms. The van der Waals surface area contributed by atoms with E-state index in [1.807, 2.05) is 19.9 Å². The van der Waals surface area contributed by atoms with Gasteiger partial charge in [0, 0.05) is 29.3 Å². The van der Waals surface area contributed by atoms with Crippen molar-refractivity contribution >= 4 is 6.09 Å². The predicted octanol–water partition coefficient (Wildman–Crippen LogP) is 3.41. The van der Waals surface area contributed by atoms with Crippen molar-refractivity contribution in [2.24, 2.45) is 5.92 Å². The van der Waals surface area contributed by atoms with Crippen molar-refractivity contribution in [3.63, 3.8) is 0 Å². The molecule has 0 fully saturated rings. The summed E-state index contributed by atoms with van der Waals surface area (Å²) >= 11 is 0. The summed E-state index contributed by atoms with van der Waals surface area (Å²) in [4.78, 5) is 16.7. The molecule has 0 saturated carbocycles. The van der Waals surface area contributed by atoms with Crippen LogP contribution in [0.25, 0.3) is 0 Å². The second-order valence-electron chi connectivity index (χ2n) is 6.21. The van der Waals surface area contributed by atoms with E-state index in [4.69, 9.17) is 9.72 Å². The number of aryl methyl sites for hydroxylation is 1. The van der Waals surface area contributed by atoms with E-state index in [2.05, 4.69) is 30.5 Å². The maximum atomic E-state index is 12.0. The van der Waals surface area contributed by atoms with Crippen LogP contribution in [0.5, 0.6) is 0 Å². The Kier molecular flexibility index (Phi) is 3.55. The standard InChI is InChI=1S/C18H22N2O2/c1-5-14-13-8-11(2)10-18(14,20-17(21)22-4)15-7-6-12(3)19-16(15)9-13/h5-8,13H,9-10H2,1-4H3,(H,20,21)/t13-,18+/m0/s1. The molecule has 1 aromatic rings. The molecule has 0 aromatic carbocycles. The summed E-state index contributed by atoms with van der Waals surface area (Å²) < 4.78 is 4.89. The number of nitrogens with zero attached hydrogens (tertiary/aromatic N) is 1. The van der Waals surface area contributed by atoms with Crippen LogP contribution in [0.1, 0.15) is 37.2 Å². The number of fused-ring (bicyclic) bond motifs is 4. The number of nitrogens with one attached hydrogen (secondary N) is 1. The second kappa shape index (κ2) is 5.27. The summed E-state index contributed by atoms with van der Waals surface area (Å²) in [6, 6.07) is 4.12. The fourth-order valence-electron chi connectivity index (χ4n) is 3.98. The van der Waals surface area contributed by atoms with E-state index in [0.717, 1.165) is 29.8 Å². The smallest absolute Gasteiger partial charge is 0.407 e. The first-order valence-electron chi connectivity index (χ1n) is 7.67. The third-order valence-electron chi connectivity index (χ3n) is 4.72. The highest BCUT2D eigenvalue weighted by Gasteiger charge is 2.48. The molecule has 2 atom stereocenters. The number of methoxy groups -OCH3 is 1. The lowest BCUT2D eigenvalue weighted by Crippen LogP contribution is -2.53. The van der Waals surface area contributed by atoms with E-state index >= 15 is 0 Å². The average Bonchev–Trinajstić information content (AvgIpc) is 2.45. The van der Waals surface area contributed by atoms with E-state index < -0.39 is 11.6 Å². The van der Waals surface area contributed by atoms with Crippen molar-refractivity contribution in [2.75, 3.05) is 7.11 Å². The van der Waals surface area contributed by atoms with Crippen molar-refractivity contribution in [1.82, 2.24) is 10.3 Å². The van der Waals surface area contributed by atoms with Crippen LogP contribution in [-0.4, -0.2) is 18.2 Å². The fourth-order valence-corrected chi connectivity index (χ4v) is 3.98. The third kappa shape index (κ3) is 2.14. The molecule has 0 unspecified atom stereocenters. The molecule has 0 aliphatic heterocycles. The van der Waals surface area contributed by atoms with Gasteiger partial charge in [0.1, 0.15) is 0 Å². The number of rotatable bonds is 1. The number of hydrogen-bond donors (Lipinski definition) is 1. The van der Waals surface area contributed by atoms with Gasteiger partial charge in [-0.15, -0.1) is 0 Å². The Morgan fingerprint density at radius 2 is 2.23 bits per heavy atom. The summed E-state index contributed by atoms with van der Waals surface area (Å²) in [5, 5.41) is 3.11. The van der Waals surface area contributed by atoms with E-state index in [9.17, 15) is 4.79 Å². The number of carbonyl (C=O) groups excluding carboxylic acids is 1. The molecule has 0 spiro atoms. The quantitative estimate of drug-likeness (QED) is 0.808. The lowest BCUT2D eigenvalue weighted by molar-refractivity contribution is 0.155. The number of aromatic nitrogens is 1. The zero-order valence-electron chi connectivity index (χ0n) is 13.6. The van der Waals surface area contributed by atoms with Crippen LogP contribution in [0.15, 0.2) is 35.4 Å². The number of amides is 1. The van der Waals surface area contributed by atoms with E-state index in [1.54, 1.807) is 0 Å². The van der Waals surface area contributed by atoms with Gasteiger partial charge in [-0.1, -0.05) is 23.8 Å². The zero-order valence-corrected chi connectivity index (χ0v) is 13.6. The molecule has 1 N–H and O–H groups in total. The minimum Gasteiger partial charge on any atom is -0.453 e. The van der Waals surface area contributed by atoms with Crippen molar-refractivity contribution in [1.29, 1.82) is 0 Å². The third-order valence-corrected chi connectivity index (χ3v) is 4.72. The van der Waals surface area contributed by atoms with Gasteiger partial charge >= 0.3 is 6.09 Å². The molecule has 1 amide bonds. The minimum absolute atomic E-state index is 0.290. The minimum atomic E-state index is -0.528. The van der Waals surface area contributed by atoms with Crippen molar-refractivity contribution < 1.29 is 9.53 Å². The molecule has 1 heterocycles. The summed E-state index contributed by atoms with van der Waals surface area (Å²) in [5.41, 5.74) is 5.19. The number of alkyl carbamates (subject to hydrolysis) is 1. The van der Waals surface area contributed by atoms with Gasteiger partial charge in [-0.25, -0.2) is 4.79 Å². The summed E-state index contributed by atoms with van der Waals surface area (Å²) in [5.74, 6) is 0.290. The molecule has 1 aromatic heterocycles. The Bertz CT molecular complexity index is 690. The lowest BCUT2D eigenvalue weighted by atomic mass is 9.63. The molecule has 2 aliphatic carbocycles. The first-order valence-corrected chi connectivity index (χ1v) is 7.67. The molecular formula is C18H22N2O2. The second-order valence-corrected chi connectivity index (χ2v) is 6.21. The number of carbonyl (C=O) groups is 1. The highest BCUT2D eigenvalue weighted by atomic mass is 16.5. The monoisotopic (exact) mass is 298 g/mol. The summed E-state index contributed by atoms with van der Waals surface area (Å²) in [7, 11) is 1.40. The van der Waals surface area contributed by atoms with Crippen LogP contribution in [0.3, 0.4) is 0 Å². The number of hydrogen-bond acceptors (Lipinski definition) is 3. The van der Waals surface area contributed by atoms with Gasteiger partial charge in [0.2, 0.25) is 0 Å². The van der Waals surface area contributed by atoms with Gasteiger partial charge in [0.05, 0.1) is 12.6 Å². The van der Waals surface area contributed by atoms with Gasteiger partial charge < -0.3 is 10.1 Å².